The van der Waals surface area contributed by atoms with Gasteiger partial charge < -0.3 is 5.73 Å². The topological polar surface area (TPSA) is 98.0 Å². The van der Waals surface area contributed by atoms with Gasteiger partial charge in [-0.1, -0.05) is 34.7 Å². The quantitative estimate of drug-likeness (QED) is 0.646. The lowest BCUT2D eigenvalue weighted by molar-refractivity contribution is -0.115. The number of nitrogens with two attached hydrogens (primary N) is 1. The van der Waals surface area contributed by atoms with E-state index in [0.29, 0.717) is 20.1 Å². The summed E-state index contributed by atoms with van der Waals surface area (Å²) >= 11 is 8.10. The number of thioether (sulfide) groups is 1. The predicted molar refractivity (Wildman–Crippen MR) is 79.2 cm³/mol. The molecule has 2 rings (SSSR count). The molecular formula is C11H9ClN4O2S2. The smallest absolute Gasteiger partial charge is 0.257 e. The first kappa shape index (κ1) is 14.8. The molecule has 2 amide bonds. The summed E-state index contributed by atoms with van der Waals surface area (Å²) in [5.74, 6) is -0.610. The molecule has 3 N–H and O–H groups in total. The summed E-state index contributed by atoms with van der Waals surface area (Å²) in [5, 5.41) is 11.2. The van der Waals surface area contributed by atoms with Gasteiger partial charge in [0.1, 0.15) is 0 Å². The van der Waals surface area contributed by atoms with Gasteiger partial charge in [0.15, 0.2) is 4.34 Å². The van der Waals surface area contributed by atoms with Crippen LogP contribution < -0.4 is 11.1 Å². The second-order valence-electron chi connectivity index (χ2n) is 3.59. The number of nitrogens with zero attached hydrogens (tertiary/aromatic N) is 2. The Kier molecular flexibility index (Phi) is 4.94. The van der Waals surface area contributed by atoms with Gasteiger partial charge in [-0.3, -0.25) is 14.9 Å². The van der Waals surface area contributed by atoms with Crippen LogP contribution in [0.25, 0.3) is 0 Å². The van der Waals surface area contributed by atoms with Crippen LogP contribution in [-0.4, -0.2) is 27.8 Å². The minimum atomic E-state index is -0.433. The van der Waals surface area contributed by atoms with Gasteiger partial charge >= 0.3 is 0 Å². The molecule has 1 aromatic heterocycles. The number of carbonyl (C=O) groups excluding carboxylic acids is 2. The molecule has 20 heavy (non-hydrogen) atoms. The van der Waals surface area contributed by atoms with Crippen LogP contribution >= 0.6 is 34.7 Å². The van der Waals surface area contributed by atoms with Gasteiger partial charge in [-0.25, -0.2) is 0 Å². The van der Waals surface area contributed by atoms with Gasteiger partial charge in [-0.15, -0.1) is 10.2 Å². The Hall–Kier alpha value is -1.64. The number of hydrogen-bond donors (Lipinski definition) is 2. The molecule has 104 valence electrons. The summed E-state index contributed by atoms with van der Waals surface area (Å²) < 4.78 is 0.565. The van der Waals surface area contributed by atoms with E-state index in [1.165, 1.54) is 23.1 Å². The highest BCUT2D eigenvalue weighted by Crippen LogP contribution is 2.25. The molecule has 0 saturated carbocycles. The van der Waals surface area contributed by atoms with E-state index in [1.54, 1.807) is 24.3 Å². The van der Waals surface area contributed by atoms with Crippen LogP contribution in [0.4, 0.5) is 5.13 Å². The summed E-state index contributed by atoms with van der Waals surface area (Å²) in [6.07, 6.45) is 0. The van der Waals surface area contributed by atoms with Crippen LogP contribution in [0, 0.1) is 0 Å². The molecule has 6 nitrogen and oxygen atoms in total. The number of rotatable bonds is 5. The largest absolute Gasteiger partial charge is 0.369 e. The molecule has 0 unspecified atom stereocenters. The number of nitrogens with one attached hydrogen (secondary N) is 1. The number of anilines is 1. The first-order valence-electron chi connectivity index (χ1n) is 5.36. The van der Waals surface area contributed by atoms with Crippen LogP contribution in [-0.2, 0) is 4.79 Å². The van der Waals surface area contributed by atoms with Crippen molar-refractivity contribution in [1.82, 2.24) is 10.2 Å². The first-order chi connectivity index (χ1) is 9.54. The lowest BCUT2D eigenvalue weighted by Crippen LogP contribution is -2.12. The Balaban J connectivity index is 1.97. The van der Waals surface area contributed by atoms with E-state index in [2.05, 4.69) is 15.5 Å². The van der Waals surface area contributed by atoms with Crippen molar-refractivity contribution in [2.24, 2.45) is 5.73 Å². The maximum atomic E-state index is 11.9. The standard InChI is InChI=1S/C11H9ClN4O2S2/c12-7-3-1-6(2-4-7)9(18)14-10-15-16-11(20-10)19-5-8(13)17/h1-4H,5H2,(H2,13,17)(H,14,15,18). The molecule has 2 aromatic rings. The number of aromatic nitrogens is 2. The average molecular weight is 329 g/mol. The van der Waals surface area contributed by atoms with Crippen molar-refractivity contribution in [3.63, 3.8) is 0 Å². The van der Waals surface area contributed by atoms with Gasteiger partial charge in [0, 0.05) is 10.6 Å². The summed E-state index contributed by atoms with van der Waals surface area (Å²) in [5.41, 5.74) is 5.50. The number of amides is 2. The van der Waals surface area contributed by atoms with Crippen LogP contribution in [0.15, 0.2) is 28.6 Å². The number of primary amides is 1. The Morgan fingerprint density at radius 3 is 2.65 bits per heavy atom. The third-order valence-corrected chi connectivity index (χ3v) is 4.32. The van der Waals surface area contributed by atoms with Crippen molar-refractivity contribution in [3.05, 3.63) is 34.9 Å². The van der Waals surface area contributed by atoms with Crippen molar-refractivity contribution in [1.29, 1.82) is 0 Å². The van der Waals surface area contributed by atoms with Gasteiger partial charge in [-0.2, -0.15) is 0 Å². The van der Waals surface area contributed by atoms with E-state index in [-0.39, 0.29) is 11.7 Å². The molecule has 0 radical (unpaired) electrons. The summed E-state index contributed by atoms with van der Waals surface area (Å²) in [4.78, 5) is 22.6. The zero-order valence-corrected chi connectivity index (χ0v) is 12.4. The zero-order valence-electron chi connectivity index (χ0n) is 10.00. The number of carbonyl (C=O) groups is 2. The fourth-order valence-electron chi connectivity index (χ4n) is 1.22. The van der Waals surface area contributed by atoms with Crippen molar-refractivity contribution >= 4 is 51.6 Å². The SMILES string of the molecule is NC(=O)CSc1nnc(NC(=O)c2ccc(Cl)cc2)s1. The van der Waals surface area contributed by atoms with Crippen LogP contribution in [0.2, 0.25) is 5.02 Å². The minimum Gasteiger partial charge on any atom is -0.369 e. The van der Waals surface area contributed by atoms with Gasteiger partial charge in [0.2, 0.25) is 11.0 Å². The Labute approximate surface area is 127 Å². The van der Waals surface area contributed by atoms with Crippen molar-refractivity contribution in [2.45, 2.75) is 4.34 Å². The van der Waals surface area contributed by atoms with E-state index >= 15 is 0 Å². The van der Waals surface area contributed by atoms with Crippen molar-refractivity contribution < 1.29 is 9.59 Å². The summed E-state index contributed by atoms with van der Waals surface area (Å²) in [6.45, 7) is 0. The molecule has 0 fully saturated rings. The first-order valence-corrected chi connectivity index (χ1v) is 7.54. The maximum Gasteiger partial charge on any atom is 0.257 e. The molecule has 1 heterocycles. The van der Waals surface area contributed by atoms with Crippen molar-refractivity contribution in [3.8, 4) is 0 Å². The second kappa shape index (κ2) is 6.69. The molecule has 0 aliphatic rings. The zero-order chi connectivity index (χ0) is 14.5. The Morgan fingerprint density at radius 2 is 2.00 bits per heavy atom. The van der Waals surface area contributed by atoms with Crippen LogP contribution in [0.5, 0.6) is 0 Å². The number of benzene rings is 1. The lowest BCUT2D eigenvalue weighted by Gasteiger charge is -2.00. The van der Waals surface area contributed by atoms with Crippen LogP contribution in [0.3, 0.4) is 0 Å². The number of hydrogen-bond acceptors (Lipinski definition) is 6. The normalized spacial score (nSPS) is 10.2. The summed E-state index contributed by atoms with van der Waals surface area (Å²) in [7, 11) is 0. The van der Waals surface area contributed by atoms with Crippen molar-refractivity contribution in [2.75, 3.05) is 11.1 Å². The molecule has 0 aliphatic heterocycles. The van der Waals surface area contributed by atoms with Gasteiger partial charge in [-0.05, 0) is 24.3 Å². The third kappa shape index (κ3) is 4.19. The molecule has 0 atom stereocenters. The predicted octanol–water partition coefficient (Wildman–Crippen LogP) is 2.02. The highest BCUT2D eigenvalue weighted by atomic mass is 35.5. The third-order valence-electron chi connectivity index (χ3n) is 2.07. The fourth-order valence-corrected chi connectivity index (χ4v) is 2.83. The van der Waals surface area contributed by atoms with E-state index in [4.69, 9.17) is 17.3 Å². The maximum absolute atomic E-state index is 11.9. The molecule has 1 aromatic carbocycles. The molecule has 0 aliphatic carbocycles. The monoisotopic (exact) mass is 328 g/mol. The highest BCUT2D eigenvalue weighted by Gasteiger charge is 2.11. The number of halogens is 1. The van der Waals surface area contributed by atoms with E-state index < -0.39 is 5.91 Å². The van der Waals surface area contributed by atoms with E-state index in [9.17, 15) is 9.59 Å². The highest BCUT2D eigenvalue weighted by molar-refractivity contribution is 8.01. The van der Waals surface area contributed by atoms with Gasteiger partial charge in [0.25, 0.3) is 5.91 Å². The fraction of sp³-hybridized carbons (Fsp3) is 0.0909. The lowest BCUT2D eigenvalue weighted by atomic mass is 10.2. The second-order valence-corrected chi connectivity index (χ2v) is 6.23. The molecular weight excluding hydrogens is 320 g/mol. The van der Waals surface area contributed by atoms with E-state index in [0.717, 1.165) is 0 Å². The average Bonchev–Trinajstić information content (AvgIpc) is 2.84. The van der Waals surface area contributed by atoms with Gasteiger partial charge in [0.05, 0.1) is 5.75 Å². The molecule has 0 spiro atoms. The minimum absolute atomic E-state index is 0.125. The molecule has 0 bridgehead atoms. The Bertz CT molecular complexity index is 630. The van der Waals surface area contributed by atoms with Crippen LogP contribution in [0.1, 0.15) is 10.4 Å². The molecule has 0 saturated heterocycles. The molecule has 9 heteroatoms. The Morgan fingerprint density at radius 1 is 1.30 bits per heavy atom. The van der Waals surface area contributed by atoms with E-state index in [1.807, 2.05) is 0 Å². The summed E-state index contributed by atoms with van der Waals surface area (Å²) in [6, 6.07) is 6.48.